The number of benzene rings is 1. The summed E-state index contributed by atoms with van der Waals surface area (Å²) in [4.78, 5) is 0. The number of sulfone groups is 1. The maximum Gasteiger partial charge on any atom is 0.158 e. The lowest BCUT2D eigenvalue weighted by atomic mass is 10.2. The van der Waals surface area contributed by atoms with Crippen molar-refractivity contribution in [3.63, 3.8) is 0 Å². The van der Waals surface area contributed by atoms with E-state index in [1.165, 1.54) is 0 Å². The van der Waals surface area contributed by atoms with Crippen LogP contribution in [0.2, 0.25) is 0 Å². The zero-order valence-corrected chi connectivity index (χ0v) is 12.8. The molecule has 0 bridgehead atoms. The normalized spacial score (nSPS) is 11.6. The Hall–Kier alpha value is -1.51. The van der Waals surface area contributed by atoms with Gasteiger partial charge in [-0.1, -0.05) is 17.9 Å². The Morgan fingerprint density at radius 2 is 2.00 bits per heavy atom. The first-order valence-corrected chi connectivity index (χ1v) is 7.96. The van der Waals surface area contributed by atoms with Crippen molar-refractivity contribution >= 4 is 9.84 Å². The Morgan fingerprint density at radius 3 is 2.60 bits per heavy atom. The molecule has 0 aliphatic carbocycles. The second-order valence-electron chi connectivity index (χ2n) is 5.27. The van der Waals surface area contributed by atoms with Gasteiger partial charge in [-0.25, -0.2) is 8.42 Å². The second-order valence-corrected chi connectivity index (χ2v) is 8.13. The van der Waals surface area contributed by atoms with E-state index in [9.17, 15) is 8.42 Å². The molecule has 0 heterocycles. The van der Waals surface area contributed by atoms with Crippen molar-refractivity contribution < 1.29 is 18.3 Å². The summed E-state index contributed by atoms with van der Waals surface area (Å²) >= 11 is 0. The van der Waals surface area contributed by atoms with Crippen molar-refractivity contribution in [1.29, 1.82) is 0 Å². The SMILES string of the molecule is CC(C)(C)S(=O)(=O)CCOc1cccc(C#CCO)c1. The highest BCUT2D eigenvalue weighted by atomic mass is 32.2. The van der Waals surface area contributed by atoms with Gasteiger partial charge in [0.15, 0.2) is 9.84 Å². The van der Waals surface area contributed by atoms with Crippen LogP contribution in [0.25, 0.3) is 0 Å². The van der Waals surface area contributed by atoms with E-state index in [4.69, 9.17) is 9.84 Å². The minimum absolute atomic E-state index is 0.0248. The smallest absolute Gasteiger partial charge is 0.158 e. The van der Waals surface area contributed by atoms with Gasteiger partial charge >= 0.3 is 0 Å². The topological polar surface area (TPSA) is 63.6 Å². The molecular weight excluding hydrogens is 276 g/mol. The van der Waals surface area contributed by atoms with Crippen LogP contribution in [-0.4, -0.2) is 37.2 Å². The number of aliphatic hydroxyl groups excluding tert-OH is 1. The van der Waals surface area contributed by atoms with E-state index < -0.39 is 14.6 Å². The standard InChI is InChI=1S/C15H20O4S/c1-15(2,3)20(17,18)11-10-19-14-8-4-6-13(12-14)7-5-9-16/h4,6,8,12,16H,9-11H2,1-3H3. The molecule has 20 heavy (non-hydrogen) atoms. The summed E-state index contributed by atoms with van der Waals surface area (Å²) in [5.41, 5.74) is 0.718. The molecule has 1 aromatic rings. The number of rotatable bonds is 4. The Bertz CT molecular complexity index is 601. The molecule has 0 unspecified atom stereocenters. The van der Waals surface area contributed by atoms with Gasteiger partial charge in [0.05, 0.1) is 10.5 Å². The lowest BCUT2D eigenvalue weighted by Crippen LogP contribution is -2.32. The molecule has 0 amide bonds. The number of aliphatic hydroxyl groups is 1. The zero-order chi connectivity index (χ0) is 15.2. The summed E-state index contributed by atoms with van der Waals surface area (Å²) in [6.45, 7) is 4.93. The molecule has 0 aromatic heterocycles. The summed E-state index contributed by atoms with van der Waals surface area (Å²) in [7, 11) is -3.18. The van der Waals surface area contributed by atoms with Crippen LogP contribution in [0.4, 0.5) is 0 Å². The fourth-order valence-corrected chi connectivity index (χ4v) is 2.30. The highest BCUT2D eigenvalue weighted by Crippen LogP contribution is 2.17. The minimum Gasteiger partial charge on any atom is -0.492 e. The van der Waals surface area contributed by atoms with Gasteiger partial charge in [0.25, 0.3) is 0 Å². The first kappa shape index (κ1) is 16.5. The van der Waals surface area contributed by atoms with Gasteiger partial charge in [-0.05, 0) is 39.0 Å². The third-order valence-electron chi connectivity index (χ3n) is 2.70. The molecule has 0 aliphatic rings. The molecule has 0 atom stereocenters. The molecule has 0 saturated heterocycles. The summed E-state index contributed by atoms with van der Waals surface area (Å²) in [5.74, 6) is 5.86. The quantitative estimate of drug-likeness (QED) is 0.858. The second kappa shape index (κ2) is 6.78. The van der Waals surface area contributed by atoms with Gasteiger partial charge < -0.3 is 9.84 Å². The molecule has 1 aromatic carbocycles. The average molecular weight is 296 g/mol. The Labute approximate surface area is 120 Å². The van der Waals surface area contributed by atoms with Crippen LogP contribution >= 0.6 is 0 Å². The molecule has 0 aliphatic heterocycles. The predicted molar refractivity (Wildman–Crippen MR) is 79.4 cm³/mol. The first-order valence-electron chi connectivity index (χ1n) is 6.31. The maximum atomic E-state index is 11.9. The average Bonchev–Trinajstić information content (AvgIpc) is 2.35. The molecule has 0 spiro atoms. The van der Waals surface area contributed by atoms with Crippen LogP contribution in [-0.2, 0) is 9.84 Å². The maximum absolute atomic E-state index is 11.9. The lowest BCUT2D eigenvalue weighted by Gasteiger charge is -2.19. The Kier molecular flexibility index (Phi) is 5.61. The van der Waals surface area contributed by atoms with E-state index in [1.807, 2.05) is 0 Å². The van der Waals surface area contributed by atoms with E-state index >= 15 is 0 Å². The van der Waals surface area contributed by atoms with Gasteiger partial charge in [0.2, 0.25) is 0 Å². The van der Waals surface area contributed by atoms with Crippen LogP contribution in [0.1, 0.15) is 26.3 Å². The van der Waals surface area contributed by atoms with Gasteiger partial charge in [-0.3, -0.25) is 0 Å². The summed E-state index contributed by atoms with van der Waals surface area (Å²) in [5, 5.41) is 8.63. The zero-order valence-electron chi connectivity index (χ0n) is 12.0. The van der Waals surface area contributed by atoms with Crippen LogP contribution in [0.15, 0.2) is 24.3 Å². The highest BCUT2D eigenvalue weighted by molar-refractivity contribution is 7.92. The Morgan fingerprint density at radius 1 is 1.30 bits per heavy atom. The van der Waals surface area contributed by atoms with Crippen molar-refractivity contribution in [3.8, 4) is 17.6 Å². The molecule has 1 rings (SSSR count). The molecule has 1 N–H and O–H groups in total. The van der Waals surface area contributed by atoms with Gasteiger partial charge in [0, 0.05) is 5.56 Å². The van der Waals surface area contributed by atoms with Crippen LogP contribution in [0.5, 0.6) is 5.75 Å². The molecular formula is C15H20O4S. The highest BCUT2D eigenvalue weighted by Gasteiger charge is 2.28. The van der Waals surface area contributed by atoms with Gasteiger partial charge in [-0.2, -0.15) is 0 Å². The fraction of sp³-hybridized carbons (Fsp3) is 0.467. The van der Waals surface area contributed by atoms with Crippen molar-refractivity contribution in [2.75, 3.05) is 19.0 Å². The first-order chi connectivity index (χ1) is 9.26. The van der Waals surface area contributed by atoms with Crippen molar-refractivity contribution in [1.82, 2.24) is 0 Å². The summed E-state index contributed by atoms with van der Waals surface area (Å²) < 4.78 is 28.5. The van der Waals surface area contributed by atoms with Crippen LogP contribution < -0.4 is 4.74 Å². The molecule has 5 heteroatoms. The molecule has 110 valence electrons. The van der Waals surface area contributed by atoms with E-state index in [0.29, 0.717) is 5.75 Å². The van der Waals surface area contributed by atoms with E-state index in [2.05, 4.69) is 11.8 Å². The van der Waals surface area contributed by atoms with Gasteiger partial charge in [-0.15, -0.1) is 0 Å². The fourth-order valence-electron chi connectivity index (χ4n) is 1.38. The largest absolute Gasteiger partial charge is 0.492 e. The summed E-state index contributed by atoms with van der Waals surface area (Å²) in [6.07, 6.45) is 0. The van der Waals surface area contributed by atoms with Crippen molar-refractivity contribution in [2.45, 2.75) is 25.5 Å². The third kappa shape index (κ3) is 4.87. The summed E-state index contributed by atoms with van der Waals surface area (Å²) in [6, 6.07) is 7.02. The van der Waals surface area contributed by atoms with Crippen LogP contribution in [0.3, 0.4) is 0 Å². The van der Waals surface area contributed by atoms with E-state index in [-0.39, 0.29) is 19.0 Å². The van der Waals surface area contributed by atoms with Gasteiger partial charge in [0.1, 0.15) is 19.0 Å². The third-order valence-corrected chi connectivity index (χ3v) is 5.27. The van der Waals surface area contributed by atoms with Crippen molar-refractivity contribution in [3.05, 3.63) is 29.8 Å². The van der Waals surface area contributed by atoms with Crippen LogP contribution in [0, 0.1) is 11.8 Å². The monoisotopic (exact) mass is 296 g/mol. The number of ether oxygens (including phenoxy) is 1. The lowest BCUT2D eigenvalue weighted by molar-refractivity contribution is 0.339. The van der Waals surface area contributed by atoms with E-state index in [0.717, 1.165) is 5.56 Å². The van der Waals surface area contributed by atoms with Crippen molar-refractivity contribution in [2.24, 2.45) is 0 Å². The molecule has 0 fully saturated rings. The number of hydrogen-bond donors (Lipinski definition) is 1. The molecule has 0 radical (unpaired) electrons. The molecule has 4 nitrogen and oxygen atoms in total. The Balaban J connectivity index is 2.63. The predicted octanol–water partition coefficient (Wildman–Crippen LogP) is 1.62. The number of hydrogen-bond acceptors (Lipinski definition) is 4. The molecule has 0 saturated carbocycles. The van der Waals surface area contributed by atoms with E-state index in [1.54, 1.807) is 45.0 Å². The minimum atomic E-state index is -3.18.